The maximum atomic E-state index is 8.43. The molecule has 2 aromatic rings. The molecular formula is C18H26O2. The van der Waals surface area contributed by atoms with Crippen LogP contribution in [0, 0.1) is 13.8 Å². The molecule has 0 amide bonds. The van der Waals surface area contributed by atoms with E-state index in [-0.39, 0.29) is 6.10 Å². The van der Waals surface area contributed by atoms with Crippen molar-refractivity contribution in [3.63, 3.8) is 0 Å². The number of aliphatic hydroxyl groups excluding tert-OH is 1. The van der Waals surface area contributed by atoms with Gasteiger partial charge in [-0.3, -0.25) is 0 Å². The molecule has 110 valence electrons. The molecule has 1 unspecified atom stereocenters. The summed E-state index contributed by atoms with van der Waals surface area (Å²) in [6, 6.07) is 20.5. The van der Waals surface area contributed by atoms with Crippen molar-refractivity contribution in [2.45, 2.75) is 26.9 Å². The van der Waals surface area contributed by atoms with Crippen LogP contribution in [0.25, 0.3) is 0 Å². The molecule has 0 fully saturated rings. The van der Waals surface area contributed by atoms with Crippen molar-refractivity contribution >= 4 is 0 Å². The van der Waals surface area contributed by atoms with Crippen LogP contribution in [0.1, 0.15) is 18.1 Å². The summed E-state index contributed by atoms with van der Waals surface area (Å²) in [5.74, 6) is 0. The molecule has 0 saturated heterocycles. The second-order valence-electron chi connectivity index (χ2n) is 4.61. The fraction of sp³-hybridized carbons (Fsp3) is 0.333. The predicted octanol–water partition coefficient (Wildman–Crippen LogP) is 4.00. The zero-order chi connectivity index (χ0) is 15.2. The maximum absolute atomic E-state index is 8.43. The number of hydrogen-bond acceptors (Lipinski definition) is 2. The Morgan fingerprint density at radius 2 is 1.20 bits per heavy atom. The molecule has 0 radical (unpaired) electrons. The Bertz CT molecular complexity index is 372. The molecule has 0 bridgehead atoms. The Morgan fingerprint density at radius 1 is 0.850 bits per heavy atom. The molecule has 2 aromatic carbocycles. The smallest absolute Gasteiger partial charge is 0.0745 e. The number of methoxy groups -OCH3 is 1. The van der Waals surface area contributed by atoms with Crippen LogP contribution in [0.15, 0.2) is 60.7 Å². The highest BCUT2D eigenvalue weighted by Gasteiger charge is 1.87. The molecule has 0 aliphatic heterocycles. The number of rotatable bonds is 2. The Balaban J connectivity index is 0.000000272. The van der Waals surface area contributed by atoms with Crippen molar-refractivity contribution in [3.05, 3.63) is 71.8 Å². The second kappa shape index (κ2) is 12.4. The maximum Gasteiger partial charge on any atom is 0.0745 e. The van der Waals surface area contributed by atoms with Crippen LogP contribution in [-0.2, 0) is 4.74 Å². The van der Waals surface area contributed by atoms with Crippen LogP contribution in [0.4, 0.5) is 0 Å². The van der Waals surface area contributed by atoms with E-state index in [0.717, 1.165) is 0 Å². The summed E-state index contributed by atoms with van der Waals surface area (Å²) in [6.07, 6.45) is -0.324. The minimum atomic E-state index is -0.324. The van der Waals surface area contributed by atoms with E-state index in [1.165, 1.54) is 11.1 Å². The van der Waals surface area contributed by atoms with Crippen LogP contribution in [0.5, 0.6) is 0 Å². The first-order valence-electron chi connectivity index (χ1n) is 6.76. The summed E-state index contributed by atoms with van der Waals surface area (Å²) in [7, 11) is 1.56. The minimum Gasteiger partial charge on any atom is -0.391 e. The Hall–Kier alpha value is -1.64. The second-order valence-corrected chi connectivity index (χ2v) is 4.61. The van der Waals surface area contributed by atoms with Gasteiger partial charge in [-0.05, 0) is 20.8 Å². The van der Waals surface area contributed by atoms with E-state index in [1.54, 1.807) is 14.0 Å². The molecule has 20 heavy (non-hydrogen) atoms. The first kappa shape index (κ1) is 18.4. The molecule has 2 nitrogen and oxygen atoms in total. The molecule has 0 saturated carbocycles. The van der Waals surface area contributed by atoms with E-state index in [2.05, 4.69) is 42.8 Å². The monoisotopic (exact) mass is 274 g/mol. The van der Waals surface area contributed by atoms with Gasteiger partial charge in [0, 0.05) is 7.11 Å². The van der Waals surface area contributed by atoms with Gasteiger partial charge in [0.1, 0.15) is 0 Å². The largest absolute Gasteiger partial charge is 0.391 e. The van der Waals surface area contributed by atoms with E-state index in [1.807, 2.05) is 36.4 Å². The van der Waals surface area contributed by atoms with Crippen LogP contribution in [0.3, 0.4) is 0 Å². The van der Waals surface area contributed by atoms with E-state index in [0.29, 0.717) is 6.61 Å². The lowest BCUT2D eigenvalue weighted by molar-refractivity contribution is 0.0765. The van der Waals surface area contributed by atoms with E-state index in [4.69, 9.17) is 5.11 Å². The van der Waals surface area contributed by atoms with Crippen LogP contribution in [-0.4, -0.2) is 24.9 Å². The highest BCUT2D eigenvalue weighted by molar-refractivity contribution is 5.12. The zero-order valence-electron chi connectivity index (χ0n) is 12.9. The number of aliphatic hydroxyl groups is 1. The number of hydrogen-bond donors (Lipinski definition) is 1. The normalized spacial score (nSPS) is 10.4. The fourth-order valence-corrected chi connectivity index (χ4v) is 1.31. The molecule has 0 heterocycles. The van der Waals surface area contributed by atoms with Crippen LogP contribution < -0.4 is 0 Å². The van der Waals surface area contributed by atoms with Crippen molar-refractivity contribution < 1.29 is 9.84 Å². The molecule has 2 heteroatoms. The molecule has 0 aromatic heterocycles. The third-order valence-corrected chi connectivity index (χ3v) is 2.29. The van der Waals surface area contributed by atoms with Crippen molar-refractivity contribution in [2.75, 3.05) is 13.7 Å². The molecule has 0 spiro atoms. The quantitative estimate of drug-likeness (QED) is 0.896. The lowest BCUT2D eigenvalue weighted by Gasteiger charge is -1.97. The lowest BCUT2D eigenvalue weighted by Crippen LogP contribution is -2.07. The van der Waals surface area contributed by atoms with Crippen molar-refractivity contribution in [1.29, 1.82) is 0 Å². The number of benzene rings is 2. The Kier molecular flexibility index (Phi) is 11.4. The molecule has 1 N–H and O–H groups in total. The Labute approximate surface area is 123 Å². The number of ether oxygens (including phenoxy) is 1. The summed E-state index contributed by atoms with van der Waals surface area (Å²) in [6.45, 7) is 6.28. The molecule has 2 rings (SSSR count). The average Bonchev–Trinajstić information content (AvgIpc) is 2.42. The van der Waals surface area contributed by atoms with Gasteiger partial charge in [-0.2, -0.15) is 0 Å². The summed E-state index contributed by atoms with van der Waals surface area (Å²) in [5, 5.41) is 8.43. The van der Waals surface area contributed by atoms with Gasteiger partial charge in [0.2, 0.25) is 0 Å². The lowest BCUT2D eigenvalue weighted by atomic mass is 10.2. The molecule has 1 atom stereocenters. The van der Waals surface area contributed by atoms with Crippen LogP contribution in [0.2, 0.25) is 0 Å². The topological polar surface area (TPSA) is 29.5 Å². The molecule has 0 aliphatic rings. The summed E-state index contributed by atoms with van der Waals surface area (Å²) >= 11 is 0. The predicted molar refractivity (Wildman–Crippen MR) is 85.9 cm³/mol. The summed E-state index contributed by atoms with van der Waals surface area (Å²) in [5.41, 5.74) is 2.64. The summed E-state index contributed by atoms with van der Waals surface area (Å²) in [4.78, 5) is 0. The summed E-state index contributed by atoms with van der Waals surface area (Å²) < 4.78 is 4.55. The van der Waals surface area contributed by atoms with Crippen molar-refractivity contribution in [1.82, 2.24) is 0 Å². The van der Waals surface area contributed by atoms with Gasteiger partial charge in [0.25, 0.3) is 0 Å². The SMILES string of the molecule is COCC(C)O.Cc1ccccc1.Cc1ccccc1. The van der Waals surface area contributed by atoms with Crippen molar-refractivity contribution in [3.8, 4) is 0 Å². The first-order chi connectivity index (χ1) is 9.56. The third kappa shape index (κ3) is 12.8. The molecular weight excluding hydrogens is 248 g/mol. The fourth-order valence-electron chi connectivity index (χ4n) is 1.31. The minimum absolute atomic E-state index is 0.324. The zero-order valence-corrected chi connectivity index (χ0v) is 12.9. The van der Waals surface area contributed by atoms with Gasteiger partial charge >= 0.3 is 0 Å². The van der Waals surface area contributed by atoms with Crippen LogP contribution >= 0.6 is 0 Å². The highest BCUT2D eigenvalue weighted by atomic mass is 16.5. The number of aryl methyl sites for hydroxylation is 2. The first-order valence-corrected chi connectivity index (χ1v) is 6.76. The van der Waals surface area contributed by atoms with E-state index < -0.39 is 0 Å². The standard InChI is InChI=1S/2C7H8.C4H10O2/c2*1-7-5-3-2-4-6-7;1-4(5)3-6-2/h2*2-6H,1H3;4-5H,3H2,1-2H3. The average molecular weight is 274 g/mol. The van der Waals surface area contributed by atoms with Gasteiger partial charge in [0.05, 0.1) is 12.7 Å². The van der Waals surface area contributed by atoms with Gasteiger partial charge in [-0.15, -0.1) is 0 Å². The van der Waals surface area contributed by atoms with Gasteiger partial charge in [0.15, 0.2) is 0 Å². The van der Waals surface area contributed by atoms with Gasteiger partial charge in [-0.1, -0.05) is 71.8 Å². The van der Waals surface area contributed by atoms with E-state index in [9.17, 15) is 0 Å². The van der Waals surface area contributed by atoms with Gasteiger partial charge < -0.3 is 9.84 Å². The Morgan fingerprint density at radius 3 is 1.30 bits per heavy atom. The van der Waals surface area contributed by atoms with Crippen molar-refractivity contribution in [2.24, 2.45) is 0 Å². The molecule has 0 aliphatic carbocycles. The van der Waals surface area contributed by atoms with E-state index >= 15 is 0 Å². The highest BCUT2D eigenvalue weighted by Crippen LogP contribution is 1.92. The van der Waals surface area contributed by atoms with Gasteiger partial charge in [-0.25, -0.2) is 0 Å². The third-order valence-electron chi connectivity index (χ3n) is 2.29.